The first kappa shape index (κ1) is 24.2. The molecule has 1 aliphatic heterocycles. The van der Waals surface area contributed by atoms with E-state index in [0.29, 0.717) is 12.1 Å². The van der Waals surface area contributed by atoms with Gasteiger partial charge in [0.05, 0.1) is 0 Å². The number of likely N-dealkylation sites (tertiary alicyclic amines) is 1. The highest BCUT2D eigenvalue weighted by Crippen LogP contribution is 2.21. The van der Waals surface area contributed by atoms with Gasteiger partial charge in [-0.25, -0.2) is 0 Å². The number of benzene rings is 2. The zero-order valence-corrected chi connectivity index (χ0v) is 20.5. The monoisotopic (exact) mass is 520 g/mol. The molecule has 1 fully saturated rings. The Bertz CT molecular complexity index is 813. The lowest BCUT2D eigenvalue weighted by Gasteiger charge is -2.34. The first-order chi connectivity index (χ1) is 14.1. The molecule has 0 saturated carbocycles. The molecular weight excluding hydrogens is 487 g/mol. The Balaban J connectivity index is 0.00000320. The third-order valence-electron chi connectivity index (χ3n) is 5.55. The van der Waals surface area contributed by atoms with E-state index in [2.05, 4.69) is 45.5 Å². The van der Waals surface area contributed by atoms with Crippen LogP contribution in [0.25, 0.3) is 0 Å². The van der Waals surface area contributed by atoms with Gasteiger partial charge in [-0.05, 0) is 48.4 Å². The largest absolute Gasteiger partial charge is 0.352 e. The minimum absolute atomic E-state index is 0. The minimum Gasteiger partial charge on any atom is -0.352 e. The van der Waals surface area contributed by atoms with E-state index < -0.39 is 0 Å². The van der Waals surface area contributed by atoms with Crippen LogP contribution >= 0.6 is 24.0 Å². The number of nitrogens with one attached hydrogen (secondary N) is 1. The molecule has 0 aromatic heterocycles. The fourth-order valence-electron chi connectivity index (χ4n) is 3.83. The number of amides is 1. The van der Waals surface area contributed by atoms with Crippen molar-refractivity contribution < 1.29 is 4.79 Å². The maximum Gasteiger partial charge on any atom is 0.253 e. The molecule has 1 aliphatic rings. The number of piperidine rings is 1. The average molecular weight is 520 g/mol. The second-order valence-corrected chi connectivity index (χ2v) is 7.92. The van der Waals surface area contributed by atoms with Crippen LogP contribution in [0.4, 0.5) is 0 Å². The van der Waals surface area contributed by atoms with E-state index in [1.165, 1.54) is 24.8 Å². The molecule has 1 amide bonds. The van der Waals surface area contributed by atoms with Crippen LogP contribution in [0.1, 0.15) is 34.3 Å². The molecule has 6 heteroatoms. The molecular formula is C24H33IN4O. The zero-order valence-electron chi connectivity index (χ0n) is 18.2. The summed E-state index contributed by atoms with van der Waals surface area (Å²) in [4.78, 5) is 20.4. The lowest BCUT2D eigenvalue weighted by Crippen LogP contribution is -2.45. The first-order valence-electron chi connectivity index (χ1n) is 10.4. The van der Waals surface area contributed by atoms with Gasteiger partial charge in [-0.2, -0.15) is 0 Å². The van der Waals surface area contributed by atoms with Crippen molar-refractivity contribution in [3.63, 3.8) is 0 Å². The predicted molar refractivity (Wildman–Crippen MR) is 135 cm³/mol. The summed E-state index contributed by atoms with van der Waals surface area (Å²) in [6.07, 6.45) is 3.55. The Morgan fingerprint density at radius 1 is 1.03 bits per heavy atom. The van der Waals surface area contributed by atoms with Gasteiger partial charge in [-0.3, -0.25) is 9.79 Å². The quantitative estimate of drug-likeness (QED) is 0.368. The summed E-state index contributed by atoms with van der Waals surface area (Å²) in [6, 6.07) is 18.6. The van der Waals surface area contributed by atoms with E-state index in [0.717, 1.165) is 30.5 Å². The van der Waals surface area contributed by atoms with Crippen molar-refractivity contribution in [2.75, 3.05) is 34.2 Å². The van der Waals surface area contributed by atoms with Crippen LogP contribution in [0.2, 0.25) is 0 Å². The number of rotatable bonds is 5. The van der Waals surface area contributed by atoms with Crippen LogP contribution in [0.3, 0.4) is 0 Å². The van der Waals surface area contributed by atoms with E-state index in [4.69, 9.17) is 0 Å². The van der Waals surface area contributed by atoms with Gasteiger partial charge in [0.25, 0.3) is 5.91 Å². The van der Waals surface area contributed by atoms with Crippen LogP contribution in [-0.4, -0.2) is 55.9 Å². The summed E-state index contributed by atoms with van der Waals surface area (Å²) in [5.41, 5.74) is 3.29. The summed E-state index contributed by atoms with van der Waals surface area (Å²) in [5, 5.41) is 3.47. The van der Waals surface area contributed by atoms with Gasteiger partial charge in [0, 0.05) is 46.3 Å². The fraction of sp³-hybridized carbons (Fsp3) is 0.417. The van der Waals surface area contributed by atoms with Gasteiger partial charge in [0.2, 0.25) is 0 Å². The zero-order chi connectivity index (χ0) is 20.6. The Kier molecular flexibility index (Phi) is 9.62. The number of guanidine groups is 1. The first-order valence-corrected chi connectivity index (χ1v) is 10.4. The summed E-state index contributed by atoms with van der Waals surface area (Å²) >= 11 is 0. The van der Waals surface area contributed by atoms with Crippen molar-refractivity contribution in [3.05, 3.63) is 71.3 Å². The molecule has 1 heterocycles. The Hall–Kier alpha value is -2.09. The highest BCUT2D eigenvalue weighted by Gasteiger charge is 2.21. The summed E-state index contributed by atoms with van der Waals surface area (Å²) < 4.78 is 0. The van der Waals surface area contributed by atoms with Gasteiger partial charge in [-0.1, -0.05) is 42.5 Å². The number of hydrogen-bond acceptors (Lipinski definition) is 2. The molecule has 5 nitrogen and oxygen atoms in total. The molecule has 30 heavy (non-hydrogen) atoms. The topological polar surface area (TPSA) is 47.9 Å². The maximum atomic E-state index is 12.0. The molecule has 0 unspecified atom stereocenters. The van der Waals surface area contributed by atoms with Crippen molar-refractivity contribution >= 4 is 35.8 Å². The predicted octanol–water partition coefficient (Wildman–Crippen LogP) is 4.04. The van der Waals surface area contributed by atoms with Crippen LogP contribution in [0, 0.1) is 5.92 Å². The Morgan fingerprint density at radius 2 is 1.67 bits per heavy atom. The Labute approximate surface area is 197 Å². The molecule has 2 aromatic rings. The highest BCUT2D eigenvalue weighted by molar-refractivity contribution is 14.0. The van der Waals surface area contributed by atoms with Crippen LogP contribution in [0.5, 0.6) is 0 Å². The van der Waals surface area contributed by atoms with Gasteiger partial charge < -0.3 is 15.1 Å². The molecule has 3 rings (SSSR count). The van der Waals surface area contributed by atoms with Crippen molar-refractivity contribution in [1.82, 2.24) is 15.1 Å². The SMILES string of the molecule is CN=C(NCc1ccc(C(=O)N(C)C)cc1)N1CCC(Cc2ccccc2)CC1.I. The molecule has 0 aliphatic carbocycles. The number of carbonyl (C=O) groups excluding carboxylic acids is 1. The molecule has 162 valence electrons. The second-order valence-electron chi connectivity index (χ2n) is 7.92. The van der Waals surface area contributed by atoms with E-state index in [9.17, 15) is 4.79 Å². The van der Waals surface area contributed by atoms with E-state index in [1.807, 2.05) is 31.3 Å². The van der Waals surface area contributed by atoms with Crippen molar-refractivity contribution in [3.8, 4) is 0 Å². The van der Waals surface area contributed by atoms with Gasteiger partial charge in [-0.15, -0.1) is 24.0 Å². The third-order valence-corrected chi connectivity index (χ3v) is 5.55. The fourth-order valence-corrected chi connectivity index (χ4v) is 3.83. The minimum atomic E-state index is 0. The summed E-state index contributed by atoms with van der Waals surface area (Å²) in [5.74, 6) is 1.73. The molecule has 0 atom stereocenters. The maximum absolute atomic E-state index is 12.0. The molecule has 0 radical (unpaired) electrons. The number of halogens is 1. The number of nitrogens with zero attached hydrogens (tertiary/aromatic N) is 3. The van der Waals surface area contributed by atoms with Crippen molar-refractivity contribution in [2.45, 2.75) is 25.8 Å². The highest BCUT2D eigenvalue weighted by atomic mass is 127. The van der Waals surface area contributed by atoms with Gasteiger partial charge >= 0.3 is 0 Å². The van der Waals surface area contributed by atoms with Crippen molar-refractivity contribution in [2.24, 2.45) is 10.9 Å². The second kappa shape index (κ2) is 11.9. The lowest BCUT2D eigenvalue weighted by molar-refractivity contribution is 0.0827. The van der Waals surface area contributed by atoms with Gasteiger partial charge in [0.1, 0.15) is 0 Å². The van der Waals surface area contributed by atoms with Crippen LogP contribution in [-0.2, 0) is 13.0 Å². The normalized spacial score (nSPS) is 14.8. The van der Waals surface area contributed by atoms with Crippen LogP contribution in [0.15, 0.2) is 59.6 Å². The smallest absolute Gasteiger partial charge is 0.253 e. The lowest BCUT2D eigenvalue weighted by atomic mass is 9.90. The molecule has 1 saturated heterocycles. The standard InChI is InChI=1S/C24H32N4O.HI/c1-25-24(26-18-21-9-11-22(12-10-21)23(29)27(2)3)28-15-13-20(14-16-28)17-19-7-5-4-6-8-19;/h4-12,20H,13-18H2,1-3H3,(H,25,26);1H. The van der Waals surface area contributed by atoms with E-state index in [-0.39, 0.29) is 29.9 Å². The van der Waals surface area contributed by atoms with Crippen molar-refractivity contribution in [1.29, 1.82) is 0 Å². The number of aliphatic imine (C=N–C) groups is 1. The van der Waals surface area contributed by atoms with Crippen LogP contribution < -0.4 is 5.32 Å². The van der Waals surface area contributed by atoms with E-state index in [1.54, 1.807) is 19.0 Å². The average Bonchev–Trinajstić information content (AvgIpc) is 2.76. The molecule has 2 aromatic carbocycles. The van der Waals surface area contributed by atoms with E-state index >= 15 is 0 Å². The van der Waals surface area contributed by atoms with Gasteiger partial charge in [0.15, 0.2) is 5.96 Å². The Morgan fingerprint density at radius 3 is 2.23 bits per heavy atom. The number of hydrogen-bond donors (Lipinski definition) is 1. The molecule has 0 bridgehead atoms. The third kappa shape index (κ3) is 6.72. The summed E-state index contributed by atoms with van der Waals surface area (Å²) in [6.45, 7) is 2.77. The molecule has 1 N–H and O–H groups in total. The summed E-state index contributed by atoms with van der Waals surface area (Å²) in [7, 11) is 5.38. The molecule has 0 spiro atoms. The number of carbonyl (C=O) groups is 1.